The Hall–Kier alpha value is 2.19. The van der Waals surface area contributed by atoms with Gasteiger partial charge in [-0.1, -0.05) is 0 Å². The van der Waals surface area contributed by atoms with E-state index in [1.807, 2.05) is 0 Å². The molecule has 5 heavy (non-hydrogen) atoms. The van der Waals surface area contributed by atoms with Crippen molar-refractivity contribution < 1.29 is 39.6 Å². The summed E-state index contributed by atoms with van der Waals surface area (Å²) in [7, 11) is 0. The van der Waals surface area contributed by atoms with Crippen LogP contribution >= 0.6 is 0 Å². The van der Waals surface area contributed by atoms with Crippen molar-refractivity contribution in [2.24, 2.45) is 0 Å². The second-order valence-corrected chi connectivity index (χ2v) is 0. The van der Waals surface area contributed by atoms with Crippen LogP contribution < -0.4 is 0 Å². The zero-order chi connectivity index (χ0) is 0. The Morgan fingerprint density at radius 3 is 0.800 bits per heavy atom. The van der Waals surface area contributed by atoms with Gasteiger partial charge in [0.05, 0.1) is 0 Å². The molecule has 0 aromatic carbocycles. The Morgan fingerprint density at radius 1 is 0.800 bits per heavy atom. The van der Waals surface area contributed by atoms with Gasteiger partial charge in [0.1, 0.15) is 0 Å². The third kappa shape index (κ3) is 22.6. The van der Waals surface area contributed by atoms with E-state index in [2.05, 4.69) is 0 Å². The van der Waals surface area contributed by atoms with Gasteiger partial charge in [0.15, 0.2) is 0 Å². The first kappa shape index (κ1) is 57.3. The normalized spacial score (nSPS) is 0. The molecule has 25 valence electrons. The zero-order valence-electron chi connectivity index (χ0n) is 1.19. The maximum atomic E-state index is 0. The van der Waals surface area contributed by atoms with Crippen LogP contribution in [0.1, 0.15) is 0 Å². The van der Waals surface area contributed by atoms with Crippen LogP contribution in [0.4, 0.5) is 0 Å². The van der Waals surface area contributed by atoms with Crippen LogP contribution in [0.5, 0.6) is 0 Å². The van der Waals surface area contributed by atoms with E-state index in [9.17, 15) is 0 Å². The molecule has 0 saturated carbocycles. The maximum absolute atomic E-state index is 0. The molecular formula is H3Li2Mn2O. The van der Waals surface area contributed by atoms with Crippen LogP contribution in [0.15, 0.2) is 0 Å². The van der Waals surface area contributed by atoms with Crippen LogP contribution in [0.25, 0.3) is 0 Å². The van der Waals surface area contributed by atoms with E-state index < -0.39 is 0 Å². The largest absolute Gasteiger partial charge is 2.00 e. The van der Waals surface area contributed by atoms with Gasteiger partial charge in [-0.05, 0) is 0 Å². The average molecular weight is 143 g/mol. The number of rotatable bonds is 0. The minimum atomic E-state index is 0. The van der Waals surface area contributed by atoms with Crippen molar-refractivity contribution >= 4 is 37.7 Å². The Kier molecular flexibility index (Phi) is 398. The molecule has 0 aromatic rings. The minimum Gasteiger partial charge on any atom is -2.00 e. The van der Waals surface area contributed by atoms with E-state index in [1.54, 1.807) is 0 Å². The Bertz CT molecular complexity index is 7.61. The molecule has 0 aliphatic heterocycles. The summed E-state index contributed by atoms with van der Waals surface area (Å²) in [6, 6.07) is 0. The molecule has 0 amide bonds. The molecule has 1 nitrogen and oxygen atoms in total. The van der Waals surface area contributed by atoms with E-state index in [1.165, 1.54) is 0 Å². The van der Waals surface area contributed by atoms with Crippen LogP contribution in [0.3, 0.4) is 0 Å². The van der Waals surface area contributed by atoms with Gasteiger partial charge < -0.3 is 5.48 Å². The fourth-order valence-electron chi connectivity index (χ4n) is 0. The minimum absolute atomic E-state index is 0. The van der Waals surface area contributed by atoms with E-state index >= 15 is 0 Å². The first-order chi connectivity index (χ1) is 0. The molecule has 0 atom stereocenters. The van der Waals surface area contributed by atoms with Gasteiger partial charge in [-0.2, -0.15) is 0 Å². The summed E-state index contributed by atoms with van der Waals surface area (Å²) >= 11 is 0. The zero-order valence-corrected chi connectivity index (χ0v) is 3.65. The first-order valence-electron chi connectivity index (χ1n) is 0. The molecule has 0 unspecified atom stereocenters. The number of hydrogen-bond donors (Lipinski definition) is 0. The number of hydrogen-bond acceptors (Lipinski definition) is 0. The summed E-state index contributed by atoms with van der Waals surface area (Å²) in [6.45, 7) is 0. The molecule has 0 N–H and O–H groups in total. The monoisotopic (exact) mass is 143 g/mol. The van der Waals surface area contributed by atoms with E-state index in [0.29, 0.717) is 0 Å². The van der Waals surface area contributed by atoms with Gasteiger partial charge in [0, 0.05) is 0 Å². The summed E-state index contributed by atoms with van der Waals surface area (Å²) < 4.78 is 0. The second-order valence-electron chi connectivity index (χ2n) is 0. The summed E-state index contributed by atoms with van der Waals surface area (Å²) in [4.78, 5) is 0. The van der Waals surface area contributed by atoms with E-state index in [0.717, 1.165) is 0 Å². The summed E-state index contributed by atoms with van der Waals surface area (Å²) in [5.41, 5.74) is 0. The predicted molar refractivity (Wildman–Crippen MR) is 16.4 cm³/mol. The molecule has 0 rings (SSSR count). The van der Waals surface area contributed by atoms with Crippen molar-refractivity contribution in [1.82, 2.24) is 0 Å². The summed E-state index contributed by atoms with van der Waals surface area (Å²) in [5.74, 6) is 0. The van der Waals surface area contributed by atoms with Crippen molar-refractivity contribution in [3.05, 3.63) is 0 Å². The van der Waals surface area contributed by atoms with Crippen molar-refractivity contribution in [2.45, 2.75) is 0 Å². The molecule has 0 fully saturated rings. The summed E-state index contributed by atoms with van der Waals surface area (Å²) in [6.07, 6.45) is 0. The molecule has 0 aliphatic carbocycles. The molecule has 0 bridgehead atoms. The standard InChI is InChI=1S/2Li.2Mn.O.3H/q;;2*+1;-2;;;. The van der Waals surface area contributed by atoms with Gasteiger partial charge >= 0.3 is 71.9 Å². The Morgan fingerprint density at radius 2 is 0.800 bits per heavy atom. The van der Waals surface area contributed by atoms with Gasteiger partial charge in [0.2, 0.25) is 0 Å². The molecule has 0 saturated heterocycles. The second kappa shape index (κ2) is 34.7. The topological polar surface area (TPSA) is 28.5 Å². The van der Waals surface area contributed by atoms with Gasteiger partial charge in [-0.25, -0.2) is 0 Å². The Labute approximate surface area is 76.6 Å². The molecule has 0 heterocycles. The molecule has 0 spiro atoms. The fourth-order valence-corrected chi connectivity index (χ4v) is 0. The van der Waals surface area contributed by atoms with E-state index in [4.69, 9.17) is 0 Å². The van der Waals surface area contributed by atoms with Crippen molar-refractivity contribution in [3.8, 4) is 0 Å². The molecule has 5 heteroatoms. The van der Waals surface area contributed by atoms with Gasteiger partial charge in [0.25, 0.3) is 0 Å². The van der Waals surface area contributed by atoms with Crippen molar-refractivity contribution in [3.63, 3.8) is 0 Å². The van der Waals surface area contributed by atoms with Crippen molar-refractivity contribution in [2.75, 3.05) is 0 Å². The average Bonchev–Trinajstić information content (AvgIpc) is 0. The first-order valence-corrected chi connectivity index (χ1v) is 0. The third-order valence-corrected chi connectivity index (χ3v) is 0. The van der Waals surface area contributed by atoms with Crippen LogP contribution in [-0.2, 0) is 39.6 Å². The molecule has 0 aliphatic rings. The third-order valence-electron chi connectivity index (χ3n) is 0. The Balaban J connectivity index is 0. The van der Waals surface area contributed by atoms with Crippen LogP contribution in [0.2, 0.25) is 0 Å². The van der Waals surface area contributed by atoms with Crippen LogP contribution in [0, 0.1) is 0 Å². The van der Waals surface area contributed by atoms with Gasteiger partial charge in [-0.3, -0.25) is 0 Å². The summed E-state index contributed by atoms with van der Waals surface area (Å²) in [5, 5.41) is 0. The van der Waals surface area contributed by atoms with E-state index in [-0.39, 0.29) is 77.3 Å². The predicted octanol–water partition coefficient (Wildman–Crippen LogP) is -1.69. The van der Waals surface area contributed by atoms with Crippen molar-refractivity contribution in [1.29, 1.82) is 0 Å². The molecular weight excluding hydrogens is 140 g/mol. The SMILES string of the molecule is [LiH].[LiH].[Mn+].[MnH+].[O-2]. The fraction of sp³-hybridized carbons (Fsp3) is 0. The molecule has 0 aromatic heterocycles. The maximum Gasteiger partial charge on any atom is -2.00 e. The van der Waals surface area contributed by atoms with Crippen LogP contribution in [-0.4, -0.2) is 37.7 Å². The quantitative estimate of drug-likeness (QED) is 0.362. The van der Waals surface area contributed by atoms with Gasteiger partial charge in [-0.15, -0.1) is 0 Å². The molecule has 0 radical (unpaired) electrons. The smallest absolute Gasteiger partial charge is 2.00 e.